The number of nitrogens with one attached hydrogen (secondary N) is 3. The Bertz CT molecular complexity index is 1310. The first-order valence-electron chi connectivity index (χ1n) is 14.2. The van der Waals surface area contributed by atoms with Crippen LogP contribution in [-0.2, 0) is 16.1 Å². The van der Waals surface area contributed by atoms with Crippen molar-refractivity contribution in [2.75, 3.05) is 23.8 Å². The van der Waals surface area contributed by atoms with Crippen LogP contribution in [0.5, 0.6) is 0 Å². The van der Waals surface area contributed by atoms with Crippen LogP contribution in [-0.4, -0.2) is 36.1 Å². The van der Waals surface area contributed by atoms with Crippen LogP contribution < -0.4 is 16.0 Å². The molecule has 40 heavy (non-hydrogen) atoms. The number of amides is 1. The highest BCUT2D eigenvalue weighted by atomic mass is 19.1. The molecule has 210 valence electrons. The number of carbonyl (C=O) groups excluding carboxylic acids is 1. The molecular formula is C32H37FN4O3. The number of hydrogen-bond donors (Lipinski definition) is 3. The zero-order chi connectivity index (χ0) is 27.6. The number of anilines is 2. The molecule has 1 aromatic heterocycles. The number of ether oxygens (including phenoxy) is 1. The van der Waals surface area contributed by atoms with Crippen molar-refractivity contribution in [3.8, 4) is 0 Å². The molecule has 3 N–H and O–H groups in total. The first kappa shape index (κ1) is 27.6. The minimum atomic E-state index is -0.479. The quantitative estimate of drug-likeness (QED) is 0.177. The Morgan fingerprint density at radius 1 is 0.950 bits per heavy atom. The summed E-state index contributed by atoms with van der Waals surface area (Å²) in [5, 5.41) is 9.77. The molecule has 7 nitrogen and oxygen atoms in total. The first-order chi connectivity index (χ1) is 19.6. The second-order valence-corrected chi connectivity index (χ2v) is 10.5. The molecule has 3 aromatic carbocycles. The maximum Gasteiger partial charge on any atom is 0.296 e. The van der Waals surface area contributed by atoms with Crippen LogP contribution in [0.25, 0.3) is 11.1 Å². The molecule has 2 atom stereocenters. The Kier molecular flexibility index (Phi) is 9.63. The number of fused-ring (bicyclic) bond motifs is 1. The van der Waals surface area contributed by atoms with Gasteiger partial charge in [0.05, 0.1) is 19.3 Å². The molecule has 5 rings (SSSR count). The number of carbonyl (C=O) groups is 1. The van der Waals surface area contributed by atoms with Gasteiger partial charge in [-0.15, -0.1) is 0 Å². The molecule has 1 heterocycles. The van der Waals surface area contributed by atoms with Crippen LogP contribution >= 0.6 is 0 Å². The van der Waals surface area contributed by atoms with E-state index >= 15 is 0 Å². The van der Waals surface area contributed by atoms with Gasteiger partial charge in [0.2, 0.25) is 5.91 Å². The highest BCUT2D eigenvalue weighted by Crippen LogP contribution is 2.29. The average Bonchev–Trinajstić information content (AvgIpc) is 3.40. The van der Waals surface area contributed by atoms with Crippen molar-refractivity contribution in [3.05, 3.63) is 90.2 Å². The summed E-state index contributed by atoms with van der Waals surface area (Å²) in [5.41, 5.74) is 3.26. The van der Waals surface area contributed by atoms with Crippen molar-refractivity contribution < 1.29 is 18.3 Å². The third kappa shape index (κ3) is 8.05. The normalized spacial score (nSPS) is 15.4. The van der Waals surface area contributed by atoms with Crippen LogP contribution in [0.1, 0.15) is 44.1 Å². The van der Waals surface area contributed by atoms with Crippen LogP contribution in [0.4, 0.5) is 16.1 Å². The number of hydrogen-bond acceptors (Lipinski definition) is 6. The zero-order valence-electron chi connectivity index (χ0n) is 22.7. The van der Waals surface area contributed by atoms with Gasteiger partial charge in [-0.2, -0.15) is 4.98 Å². The lowest BCUT2D eigenvalue weighted by Gasteiger charge is -2.27. The van der Waals surface area contributed by atoms with Crippen LogP contribution in [0.15, 0.2) is 83.3 Å². The van der Waals surface area contributed by atoms with E-state index in [2.05, 4.69) is 20.9 Å². The van der Waals surface area contributed by atoms with Gasteiger partial charge in [-0.05, 0) is 54.3 Å². The molecule has 1 saturated carbocycles. The number of oxazole rings is 1. The third-order valence-corrected chi connectivity index (χ3v) is 7.37. The number of benzene rings is 3. The van der Waals surface area contributed by atoms with Crippen LogP contribution in [0.3, 0.4) is 0 Å². The largest absolute Gasteiger partial charge is 0.424 e. The standard InChI is InChI=1S/C32H37FN4O3/c33-25-15-17-26(18-16-25)35-27(22-39-21-24-11-5-2-6-12-24)20-34-31(38)29(19-23-9-3-1-4-10-23)37-32-36-28-13-7-8-14-30(28)40-32/h2,5-8,11-18,23,27,29,35H,1,3-4,9-10,19-22H2,(H,34,38)(H,36,37)/t27-,29+/m1/s1. The van der Waals surface area contributed by atoms with E-state index in [1.54, 1.807) is 12.1 Å². The highest BCUT2D eigenvalue weighted by Gasteiger charge is 2.26. The molecule has 0 bridgehead atoms. The van der Waals surface area contributed by atoms with Crippen molar-refractivity contribution in [3.63, 3.8) is 0 Å². The van der Waals surface area contributed by atoms with Crippen molar-refractivity contribution in [2.45, 2.75) is 57.2 Å². The average molecular weight is 545 g/mol. The van der Waals surface area contributed by atoms with E-state index in [1.807, 2.05) is 54.6 Å². The topological polar surface area (TPSA) is 88.4 Å². The Hall–Kier alpha value is -3.91. The summed E-state index contributed by atoms with van der Waals surface area (Å²) < 4.78 is 25.3. The fraction of sp³-hybridized carbons (Fsp3) is 0.375. The molecule has 1 aliphatic carbocycles. The van der Waals surface area contributed by atoms with Crippen LogP contribution in [0, 0.1) is 11.7 Å². The molecule has 0 spiro atoms. The van der Waals surface area contributed by atoms with Crippen LogP contribution in [0.2, 0.25) is 0 Å². The summed E-state index contributed by atoms with van der Waals surface area (Å²) in [6.07, 6.45) is 6.62. The van der Waals surface area contributed by atoms with Crippen molar-refractivity contribution in [2.24, 2.45) is 5.92 Å². The maximum absolute atomic E-state index is 13.6. The summed E-state index contributed by atoms with van der Waals surface area (Å²) in [7, 11) is 0. The summed E-state index contributed by atoms with van der Waals surface area (Å²) in [6, 6.07) is 23.3. The van der Waals surface area contributed by atoms with E-state index in [-0.39, 0.29) is 17.8 Å². The number of aromatic nitrogens is 1. The zero-order valence-corrected chi connectivity index (χ0v) is 22.7. The van der Waals surface area contributed by atoms with Gasteiger partial charge in [0, 0.05) is 12.2 Å². The SMILES string of the molecule is O=C(NC[C@H](COCc1ccccc1)Nc1ccc(F)cc1)[C@H](CC1CCCCC1)Nc1nc2ccccc2o1. The second-order valence-electron chi connectivity index (χ2n) is 10.5. The van der Waals surface area contributed by atoms with Crippen molar-refractivity contribution in [1.82, 2.24) is 10.3 Å². The van der Waals surface area contributed by atoms with E-state index in [4.69, 9.17) is 9.15 Å². The Morgan fingerprint density at radius 2 is 1.70 bits per heavy atom. The number of nitrogens with zero attached hydrogens (tertiary/aromatic N) is 1. The summed E-state index contributed by atoms with van der Waals surface area (Å²) in [4.78, 5) is 18.1. The van der Waals surface area contributed by atoms with E-state index < -0.39 is 6.04 Å². The minimum absolute atomic E-state index is 0.109. The Labute approximate surface area is 234 Å². The molecule has 0 aliphatic heterocycles. The number of para-hydroxylation sites is 2. The monoisotopic (exact) mass is 544 g/mol. The molecule has 1 fully saturated rings. The second kappa shape index (κ2) is 13.9. The predicted octanol–water partition coefficient (Wildman–Crippen LogP) is 6.53. The third-order valence-electron chi connectivity index (χ3n) is 7.37. The Morgan fingerprint density at radius 3 is 2.48 bits per heavy atom. The summed E-state index contributed by atoms with van der Waals surface area (Å²) in [5.74, 6) is 0.0667. The lowest BCUT2D eigenvalue weighted by atomic mass is 9.84. The molecule has 4 aromatic rings. The maximum atomic E-state index is 13.6. The molecule has 8 heteroatoms. The van der Waals surface area contributed by atoms with Gasteiger partial charge < -0.3 is 25.1 Å². The molecule has 0 radical (unpaired) electrons. The molecule has 0 saturated heterocycles. The van der Waals surface area contributed by atoms with E-state index in [0.29, 0.717) is 43.7 Å². The van der Waals surface area contributed by atoms with Crippen molar-refractivity contribution in [1.29, 1.82) is 0 Å². The van der Waals surface area contributed by atoms with Gasteiger partial charge in [0.1, 0.15) is 17.4 Å². The van der Waals surface area contributed by atoms with Gasteiger partial charge in [-0.25, -0.2) is 4.39 Å². The van der Waals surface area contributed by atoms with Crippen molar-refractivity contribution >= 4 is 28.7 Å². The van der Waals surface area contributed by atoms with Gasteiger partial charge in [-0.3, -0.25) is 4.79 Å². The highest BCUT2D eigenvalue weighted by molar-refractivity contribution is 5.84. The molecule has 1 amide bonds. The van der Waals surface area contributed by atoms with Gasteiger partial charge >= 0.3 is 0 Å². The summed E-state index contributed by atoms with van der Waals surface area (Å²) >= 11 is 0. The lowest BCUT2D eigenvalue weighted by molar-refractivity contribution is -0.122. The smallest absolute Gasteiger partial charge is 0.296 e. The molecule has 0 unspecified atom stereocenters. The van der Waals surface area contributed by atoms with Gasteiger partial charge in [-0.1, -0.05) is 74.6 Å². The fourth-order valence-corrected chi connectivity index (χ4v) is 5.24. The summed E-state index contributed by atoms with van der Waals surface area (Å²) in [6.45, 7) is 1.15. The lowest BCUT2D eigenvalue weighted by Crippen LogP contribution is -2.46. The fourth-order valence-electron chi connectivity index (χ4n) is 5.24. The van der Waals surface area contributed by atoms with Gasteiger partial charge in [0.25, 0.3) is 6.01 Å². The molecular weight excluding hydrogens is 507 g/mol. The number of rotatable bonds is 13. The number of halogens is 1. The van der Waals surface area contributed by atoms with E-state index in [0.717, 1.165) is 29.6 Å². The minimum Gasteiger partial charge on any atom is -0.424 e. The Balaban J connectivity index is 1.24. The van der Waals surface area contributed by atoms with E-state index in [9.17, 15) is 9.18 Å². The van der Waals surface area contributed by atoms with Gasteiger partial charge in [0.15, 0.2) is 5.58 Å². The first-order valence-corrected chi connectivity index (χ1v) is 14.2. The van der Waals surface area contributed by atoms with E-state index in [1.165, 1.54) is 31.4 Å². The molecule has 1 aliphatic rings. The predicted molar refractivity (Wildman–Crippen MR) is 156 cm³/mol.